The van der Waals surface area contributed by atoms with Gasteiger partial charge in [-0.2, -0.15) is 0 Å². The molecule has 17 heavy (non-hydrogen) atoms. The van der Waals surface area contributed by atoms with Crippen LogP contribution in [0.15, 0.2) is 24.3 Å². The van der Waals surface area contributed by atoms with E-state index in [-0.39, 0.29) is 0 Å². The number of hydrogen-bond donors (Lipinski definition) is 1. The van der Waals surface area contributed by atoms with Gasteiger partial charge in [0.25, 0.3) is 0 Å². The minimum absolute atomic E-state index is 0.351. The number of fused-ring (bicyclic) bond motifs is 1. The molecule has 0 aliphatic carbocycles. The molecule has 1 aromatic carbocycles. The molecule has 0 bridgehead atoms. The van der Waals surface area contributed by atoms with Crippen molar-refractivity contribution in [3.63, 3.8) is 0 Å². The fraction of sp³-hybridized carbons (Fsp3) is 0.600. The Bertz CT molecular complexity index is 364. The molecule has 2 heteroatoms. The highest BCUT2D eigenvalue weighted by Gasteiger charge is 2.22. The molecule has 0 spiro atoms. The fourth-order valence-corrected chi connectivity index (χ4v) is 2.36. The number of ether oxygens (including phenoxy) is 1. The lowest BCUT2D eigenvalue weighted by Crippen LogP contribution is -2.39. The molecule has 3 unspecified atom stereocenters. The Hall–Kier alpha value is -0.860. The van der Waals surface area contributed by atoms with Crippen molar-refractivity contribution < 1.29 is 4.74 Å². The second kappa shape index (κ2) is 5.65. The maximum absolute atomic E-state index is 5.66. The van der Waals surface area contributed by atoms with Crippen molar-refractivity contribution in [2.45, 2.75) is 45.9 Å². The Morgan fingerprint density at radius 2 is 2.12 bits per heavy atom. The predicted molar refractivity (Wildman–Crippen MR) is 70.9 cm³/mol. The topological polar surface area (TPSA) is 21.3 Å². The van der Waals surface area contributed by atoms with Crippen LogP contribution in [0, 0.1) is 5.92 Å². The van der Waals surface area contributed by atoms with E-state index in [4.69, 9.17) is 4.74 Å². The second-order valence-electron chi connectivity index (χ2n) is 5.11. The molecule has 1 aliphatic heterocycles. The standard InChI is InChI=1S/C15H23NO/c1-4-11(2)12(3)16-15-10-17-9-13-7-5-6-8-14(13)15/h5-8,11-12,15-16H,4,9-10H2,1-3H3. The van der Waals surface area contributed by atoms with Crippen molar-refractivity contribution in [1.82, 2.24) is 5.32 Å². The van der Waals surface area contributed by atoms with E-state index < -0.39 is 0 Å². The van der Waals surface area contributed by atoms with Crippen LogP contribution in [0.5, 0.6) is 0 Å². The summed E-state index contributed by atoms with van der Waals surface area (Å²) in [5.41, 5.74) is 2.74. The molecule has 0 aromatic heterocycles. The number of hydrogen-bond acceptors (Lipinski definition) is 2. The molecule has 1 N–H and O–H groups in total. The van der Waals surface area contributed by atoms with E-state index in [1.165, 1.54) is 17.5 Å². The van der Waals surface area contributed by atoms with Crippen LogP contribution in [0.3, 0.4) is 0 Å². The lowest BCUT2D eigenvalue weighted by molar-refractivity contribution is 0.0765. The van der Waals surface area contributed by atoms with Gasteiger partial charge < -0.3 is 10.1 Å². The van der Waals surface area contributed by atoms with Gasteiger partial charge in [0.05, 0.1) is 19.3 Å². The molecule has 3 atom stereocenters. The summed E-state index contributed by atoms with van der Waals surface area (Å²) in [6.45, 7) is 8.36. The van der Waals surface area contributed by atoms with Crippen LogP contribution in [0.1, 0.15) is 44.4 Å². The first kappa shape index (κ1) is 12.6. The molecule has 0 radical (unpaired) electrons. The monoisotopic (exact) mass is 233 g/mol. The highest BCUT2D eigenvalue weighted by molar-refractivity contribution is 5.31. The van der Waals surface area contributed by atoms with E-state index in [9.17, 15) is 0 Å². The van der Waals surface area contributed by atoms with E-state index in [1.54, 1.807) is 0 Å². The van der Waals surface area contributed by atoms with Crippen molar-refractivity contribution in [3.8, 4) is 0 Å². The summed E-state index contributed by atoms with van der Waals surface area (Å²) in [6.07, 6.45) is 1.21. The fourth-order valence-electron chi connectivity index (χ4n) is 2.36. The van der Waals surface area contributed by atoms with E-state index in [0.29, 0.717) is 18.0 Å². The third-order valence-corrected chi connectivity index (χ3v) is 3.93. The Labute approximate surface area is 104 Å². The molecule has 2 nitrogen and oxygen atoms in total. The first-order valence-electron chi connectivity index (χ1n) is 6.64. The van der Waals surface area contributed by atoms with Crippen LogP contribution < -0.4 is 5.32 Å². The summed E-state index contributed by atoms with van der Waals surface area (Å²) in [6, 6.07) is 9.47. The van der Waals surface area contributed by atoms with E-state index in [0.717, 1.165) is 13.2 Å². The minimum Gasteiger partial charge on any atom is -0.375 e. The van der Waals surface area contributed by atoms with Gasteiger partial charge in [-0.15, -0.1) is 0 Å². The number of nitrogens with one attached hydrogen (secondary N) is 1. The zero-order chi connectivity index (χ0) is 12.3. The molecule has 1 aromatic rings. The van der Waals surface area contributed by atoms with Gasteiger partial charge in [-0.25, -0.2) is 0 Å². The largest absolute Gasteiger partial charge is 0.375 e. The quantitative estimate of drug-likeness (QED) is 0.861. The van der Waals surface area contributed by atoms with Gasteiger partial charge >= 0.3 is 0 Å². The first-order valence-corrected chi connectivity index (χ1v) is 6.64. The average molecular weight is 233 g/mol. The van der Waals surface area contributed by atoms with Crippen LogP contribution in [0.25, 0.3) is 0 Å². The third kappa shape index (κ3) is 2.88. The molecular weight excluding hydrogens is 210 g/mol. The number of benzene rings is 1. The van der Waals surface area contributed by atoms with Gasteiger partial charge in [-0.05, 0) is 24.0 Å². The molecule has 0 saturated carbocycles. The van der Waals surface area contributed by atoms with Gasteiger partial charge in [-0.1, -0.05) is 44.5 Å². The van der Waals surface area contributed by atoms with Gasteiger partial charge in [0.2, 0.25) is 0 Å². The van der Waals surface area contributed by atoms with Crippen molar-refractivity contribution in [2.75, 3.05) is 6.61 Å². The van der Waals surface area contributed by atoms with Crippen LogP contribution in [-0.2, 0) is 11.3 Å². The lowest BCUT2D eigenvalue weighted by Gasteiger charge is -2.31. The molecule has 2 rings (SSSR count). The van der Waals surface area contributed by atoms with E-state index >= 15 is 0 Å². The molecule has 94 valence electrons. The summed E-state index contributed by atoms with van der Waals surface area (Å²) in [5.74, 6) is 0.698. The van der Waals surface area contributed by atoms with Crippen LogP contribution >= 0.6 is 0 Å². The normalized spacial score (nSPS) is 22.9. The molecule has 0 saturated heterocycles. The summed E-state index contributed by atoms with van der Waals surface area (Å²) < 4.78 is 5.66. The maximum Gasteiger partial charge on any atom is 0.0721 e. The SMILES string of the molecule is CCC(C)C(C)NC1COCc2ccccc21. The zero-order valence-electron chi connectivity index (χ0n) is 11.1. The van der Waals surface area contributed by atoms with Crippen LogP contribution in [0.2, 0.25) is 0 Å². The Morgan fingerprint density at radius 1 is 1.35 bits per heavy atom. The van der Waals surface area contributed by atoms with Gasteiger partial charge in [0, 0.05) is 6.04 Å². The summed E-state index contributed by atoms with van der Waals surface area (Å²) in [7, 11) is 0. The second-order valence-corrected chi connectivity index (χ2v) is 5.11. The van der Waals surface area contributed by atoms with Crippen LogP contribution in [-0.4, -0.2) is 12.6 Å². The van der Waals surface area contributed by atoms with Crippen molar-refractivity contribution >= 4 is 0 Å². The summed E-state index contributed by atoms with van der Waals surface area (Å²) >= 11 is 0. The summed E-state index contributed by atoms with van der Waals surface area (Å²) in [4.78, 5) is 0. The lowest BCUT2D eigenvalue weighted by atomic mass is 9.95. The molecule has 1 aliphatic rings. The van der Waals surface area contributed by atoms with Gasteiger partial charge in [0.1, 0.15) is 0 Å². The zero-order valence-corrected chi connectivity index (χ0v) is 11.1. The molecule has 0 fully saturated rings. The van der Waals surface area contributed by atoms with Crippen molar-refractivity contribution in [1.29, 1.82) is 0 Å². The van der Waals surface area contributed by atoms with E-state index in [1.807, 2.05) is 0 Å². The molecule has 0 amide bonds. The minimum atomic E-state index is 0.351. The smallest absolute Gasteiger partial charge is 0.0721 e. The Morgan fingerprint density at radius 3 is 2.88 bits per heavy atom. The maximum atomic E-state index is 5.66. The van der Waals surface area contributed by atoms with Crippen molar-refractivity contribution in [2.24, 2.45) is 5.92 Å². The molecule has 1 heterocycles. The number of rotatable bonds is 4. The average Bonchev–Trinajstić information content (AvgIpc) is 2.38. The first-order chi connectivity index (χ1) is 8.22. The third-order valence-electron chi connectivity index (χ3n) is 3.93. The Kier molecular flexibility index (Phi) is 4.19. The highest BCUT2D eigenvalue weighted by atomic mass is 16.5. The predicted octanol–water partition coefficient (Wildman–Crippen LogP) is 3.28. The highest BCUT2D eigenvalue weighted by Crippen LogP contribution is 2.25. The van der Waals surface area contributed by atoms with Crippen molar-refractivity contribution in [3.05, 3.63) is 35.4 Å². The van der Waals surface area contributed by atoms with E-state index in [2.05, 4.69) is 50.4 Å². The van der Waals surface area contributed by atoms with Crippen LogP contribution in [0.4, 0.5) is 0 Å². The Balaban J connectivity index is 2.08. The van der Waals surface area contributed by atoms with Gasteiger partial charge in [-0.3, -0.25) is 0 Å². The molecular formula is C15H23NO. The summed E-state index contributed by atoms with van der Waals surface area (Å²) in [5, 5.41) is 3.70. The van der Waals surface area contributed by atoms with Gasteiger partial charge in [0.15, 0.2) is 0 Å².